The molecule has 0 aliphatic heterocycles. The molecule has 220 valence electrons. The number of nitrogens with one attached hydrogen (secondary N) is 1. The minimum atomic E-state index is -4.06. The summed E-state index contributed by atoms with van der Waals surface area (Å²) < 4.78 is 28.8. The van der Waals surface area contributed by atoms with Gasteiger partial charge in [0.25, 0.3) is 0 Å². The molecule has 0 aliphatic carbocycles. The van der Waals surface area contributed by atoms with Gasteiger partial charge in [0.15, 0.2) is 0 Å². The highest BCUT2D eigenvalue weighted by Gasteiger charge is 2.35. The molecule has 0 spiro atoms. The predicted molar refractivity (Wildman–Crippen MR) is 165 cm³/mol. The molecule has 0 unspecified atom stereocenters. The fourth-order valence-electron chi connectivity index (χ4n) is 4.12. The molecule has 41 heavy (non-hydrogen) atoms. The first-order valence-corrected chi connectivity index (χ1v) is 15.4. The van der Waals surface area contributed by atoms with E-state index >= 15 is 0 Å². The fraction of sp³-hybridized carbons (Fsp3) is 0.333. The number of hydrogen-bond donors (Lipinski definition) is 1. The zero-order valence-electron chi connectivity index (χ0n) is 23.6. The summed E-state index contributed by atoms with van der Waals surface area (Å²) in [5, 5.41) is 3.71. The highest BCUT2D eigenvalue weighted by molar-refractivity contribution is 7.90. The van der Waals surface area contributed by atoms with Gasteiger partial charge in [0.05, 0.1) is 5.69 Å². The van der Waals surface area contributed by atoms with Gasteiger partial charge in [-0.15, -0.1) is 0 Å². The van der Waals surface area contributed by atoms with E-state index in [9.17, 15) is 18.0 Å². The van der Waals surface area contributed by atoms with Gasteiger partial charge in [0.1, 0.15) is 12.6 Å². The monoisotopic (exact) mass is 618 g/mol. The lowest BCUT2D eigenvalue weighted by Crippen LogP contribution is -2.54. The largest absolute Gasteiger partial charge is 0.354 e. The third-order valence-electron chi connectivity index (χ3n) is 6.37. The van der Waals surface area contributed by atoms with Crippen molar-refractivity contribution in [3.63, 3.8) is 0 Å². The van der Waals surface area contributed by atoms with Crippen LogP contribution in [0.3, 0.4) is 0 Å². The molecule has 0 saturated carbocycles. The van der Waals surface area contributed by atoms with Gasteiger partial charge >= 0.3 is 10.2 Å². The van der Waals surface area contributed by atoms with E-state index in [1.807, 2.05) is 44.2 Å². The second-order valence-electron chi connectivity index (χ2n) is 10.2. The number of halogens is 2. The predicted octanol–water partition coefficient (Wildman–Crippen LogP) is 5.02. The van der Waals surface area contributed by atoms with Crippen LogP contribution in [0.15, 0.2) is 78.9 Å². The molecule has 1 atom stereocenters. The highest BCUT2D eigenvalue weighted by Crippen LogP contribution is 2.25. The van der Waals surface area contributed by atoms with Crippen molar-refractivity contribution in [2.24, 2.45) is 5.92 Å². The van der Waals surface area contributed by atoms with E-state index in [0.717, 1.165) is 14.2 Å². The Kier molecular flexibility index (Phi) is 11.6. The maximum Gasteiger partial charge on any atom is 0.304 e. The van der Waals surface area contributed by atoms with E-state index in [4.69, 9.17) is 23.2 Å². The topological polar surface area (TPSA) is 90.0 Å². The van der Waals surface area contributed by atoms with Crippen LogP contribution in [0.1, 0.15) is 25.0 Å². The summed E-state index contributed by atoms with van der Waals surface area (Å²) in [5.74, 6) is -0.723. The SMILES string of the molecule is CC(C)CNC(=O)[C@H](Cc1ccccc1)N(Cc1ccc(Cl)cc1Cl)C(=O)CN(c1ccccc1)S(=O)(=O)N(C)C. The Labute approximate surface area is 253 Å². The summed E-state index contributed by atoms with van der Waals surface area (Å²) in [4.78, 5) is 29.3. The fourth-order valence-corrected chi connectivity index (χ4v) is 5.65. The minimum absolute atomic E-state index is 0.0356. The number of carbonyl (C=O) groups is 2. The van der Waals surface area contributed by atoms with Crippen molar-refractivity contribution < 1.29 is 18.0 Å². The molecular formula is C30H36Cl2N4O4S. The van der Waals surface area contributed by atoms with Crippen LogP contribution in [-0.4, -0.2) is 62.7 Å². The second kappa shape index (κ2) is 14.7. The van der Waals surface area contributed by atoms with Gasteiger partial charge in [0, 0.05) is 43.7 Å². The summed E-state index contributed by atoms with van der Waals surface area (Å²) in [5.41, 5.74) is 1.74. The molecule has 0 aliphatic rings. The number of amides is 2. The molecule has 0 saturated heterocycles. The Morgan fingerprint density at radius 2 is 1.51 bits per heavy atom. The van der Waals surface area contributed by atoms with Crippen LogP contribution in [0, 0.1) is 5.92 Å². The maximum atomic E-state index is 14.2. The van der Waals surface area contributed by atoms with Crippen LogP contribution in [-0.2, 0) is 32.8 Å². The lowest BCUT2D eigenvalue weighted by Gasteiger charge is -2.34. The molecule has 2 amide bonds. The Morgan fingerprint density at radius 3 is 2.07 bits per heavy atom. The average molecular weight is 620 g/mol. The first-order valence-electron chi connectivity index (χ1n) is 13.2. The summed E-state index contributed by atoms with van der Waals surface area (Å²) in [6.45, 7) is 3.81. The molecule has 0 aromatic heterocycles. The summed E-state index contributed by atoms with van der Waals surface area (Å²) in [6, 6.07) is 21.7. The molecule has 0 fully saturated rings. The Morgan fingerprint density at radius 1 is 0.902 bits per heavy atom. The smallest absolute Gasteiger partial charge is 0.304 e. The molecule has 0 bridgehead atoms. The number of rotatable bonds is 13. The molecule has 11 heteroatoms. The minimum Gasteiger partial charge on any atom is -0.354 e. The van der Waals surface area contributed by atoms with Crippen LogP contribution < -0.4 is 9.62 Å². The van der Waals surface area contributed by atoms with Gasteiger partial charge in [-0.25, -0.2) is 4.31 Å². The first kappa shape index (κ1) is 32.4. The van der Waals surface area contributed by atoms with Gasteiger partial charge in [0.2, 0.25) is 11.8 Å². The van der Waals surface area contributed by atoms with Crippen molar-refractivity contribution in [3.8, 4) is 0 Å². The number of hydrogen-bond acceptors (Lipinski definition) is 4. The highest BCUT2D eigenvalue weighted by atomic mass is 35.5. The van der Waals surface area contributed by atoms with Crippen LogP contribution >= 0.6 is 23.2 Å². The summed E-state index contributed by atoms with van der Waals surface area (Å²) >= 11 is 12.6. The first-order chi connectivity index (χ1) is 19.4. The number of nitrogens with zero attached hydrogens (tertiary/aromatic N) is 3. The molecule has 0 radical (unpaired) electrons. The number of carbonyl (C=O) groups excluding carboxylic acids is 2. The van der Waals surface area contributed by atoms with Gasteiger partial charge in [-0.1, -0.05) is 91.6 Å². The molecule has 0 heterocycles. The second-order valence-corrected chi connectivity index (χ2v) is 13.1. The standard InChI is InChI=1S/C30H36Cl2N4O4S/c1-22(2)19-33-30(38)28(17-23-11-7-5-8-12-23)35(20-24-15-16-25(31)18-27(24)32)29(37)21-36(41(39,40)34(3)4)26-13-9-6-10-14-26/h5-16,18,22,28H,17,19-21H2,1-4H3,(H,33,38)/t28-/m0/s1. The Hall–Kier alpha value is -3.11. The van der Waals surface area contributed by atoms with Crippen molar-refractivity contribution in [2.75, 3.05) is 31.5 Å². The normalized spacial score (nSPS) is 12.3. The molecule has 3 rings (SSSR count). The van der Waals surface area contributed by atoms with E-state index in [1.165, 1.54) is 19.0 Å². The van der Waals surface area contributed by atoms with Crippen molar-refractivity contribution in [3.05, 3.63) is 100 Å². The number of benzene rings is 3. The third-order valence-corrected chi connectivity index (χ3v) is 8.78. The van der Waals surface area contributed by atoms with Gasteiger partial charge in [-0.3, -0.25) is 9.59 Å². The van der Waals surface area contributed by atoms with Crippen LogP contribution in [0.4, 0.5) is 5.69 Å². The van der Waals surface area contributed by atoms with E-state index in [1.54, 1.807) is 48.5 Å². The lowest BCUT2D eigenvalue weighted by molar-refractivity contribution is -0.140. The third kappa shape index (κ3) is 8.94. The van der Waals surface area contributed by atoms with Gasteiger partial charge in [-0.2, -0.15) is 12.7 Å². The van der Waals surface area contributed by atoms with Crippen molar-refractivity contribution in [1.82, 2.24) is 14.5 Å². The van der Waals surface area contributed by atoms with Gasteiger partial charge in [-0.05, 0) is 41.3 Å². The van der Waals surface area contributed by atoms with Crippen LogP contribution in [0.25, 0.3) is 0 Å². The van der Waals surface area contributed by atoms with Gasteiger partial charge < -0.3 is 10.2 Å². The zero-order chi connectivity index (χ0) is 30.2. The number of anilines is 1. The molecule has 8 nitrogen and oxygen atoms in total. The Balaban J connectivity index is 2.10. The van der Waals surface area contributed by atoms with E-state index < -0.39 is 28.7 Å². The average Bonchev–Trinajstić information content (AvgIpc) is 2.94. The molecule has 3 aromatic rings. The maximum absolute atomic E-state index is 14.2. The quantitative estimate of drug-likeness (QED) is 0.291. The zero-order valence-corrected chi connectivity index (χ0v) is 26.0. The van der Waals surface area contributed by atoms with Crippen LogP contribution in [0.2, 0.25) is 10.0 Å². The molecular weight excluding hydrogens is 583 g/mol. The Bertz CT molecular complexity index is 1420. The van der Waals surface area contributed by atoms with E-state index in [2.05, 4.69) is 5.32 Å². The van der Waals surface area contributed by atoms with E-state index in [0.29, 0.717) is 27.8 Å². The summed E-state index contributed by atoms with van der Waals surface area (Å²) in [6.07, 6.45) is 0.216. The van der Waals surface area contributed by atoms with Crippen molar-refractivity contribution in [2.45, 2.75) is 32.9 Å². The van der Waals surface area contributed by atoms with Crippen molar-refractivity contribution in [1.29, 1.82) is 0 Å². The lowest BCUT2D eigenvalue weighted by atomic mass is 10.0. The molecule has 3 aromatic carbocycles. The number of para-hydroxylation sites is 1. The van der Waals surface area contributed by atoms with E-state index in [-0.39, 0.29) is 24.8 Å². The van der Waals surface area contributed by atoms with Crippen molar-refractivity contribution >= 4 is 50.9 Å². The summed E-state index contributed by atoms with van der Waals surface area (Å²) in [7, 11) is -1.26. The van der Waals surface area contributed by atoms with Crippen LogP contribution in [0.5, 0.6) is 0 Å². The molecule has 1 N–H and O–H groups in total.